The van der Waals surface area contributed by atoms with Crippen LogP contribution in [0.1, 0.15) is 16.7 Å². The van der Waals surface area contributed by atoms with Gasteiger partial charge in [0.05, 0.1) is 0 Å². The summed E-state index contributed by atoms with van der Waals surface area (Å²) < 4.78 is 5.35. The molecular formula is C19H20N2O2. The summed E-state index contributed by atoms with van der Waals surface area (Å²) in [6.07, 6.45) is 0.557. The standard InChI is InChI=1S/C19H20N2O2/c1-13-5-4-6-15(11-13)18-20-17(19(22)23-18)12-14-7-9-16(10-8-14)21(2)3/h4-11,17H,12H2,1-3H3. The van der Waals surface area contributed by atoms with Crippen LogP contribution in [0.5, 0.6) is 0 Å². The largest absolute Gasteiger partial charge is 0.406 e. The first-order valence-corrected chi connectivity index (χ1v) is 7.66. The first-order chi connectivity index (χ1) is 11.0. The molecule has 1 aliphatic rings. The van der Waals surface area contributed by atoms with Gasteiger partial charge in [-0.05, 0) is 36.8 Å². The van der Waals surface area contributed by atoms with E-state index >= 15 is 0 Å². The molecular weight excluding hydrogens is 288 g/mol. The smallest absolute Gasteiger partial charge is 0.338 e. The molecule has 3 rings (SSSR count). The summed E-state index contributed by atoms with van der Waals surface area (Å²) in [6.45, 7) is 2.00. The van der Waals surface area contributed by atoms with Crippen LogP contribution < -0.4 is 4.90 Å². The number of esters is 1. The number of rotatable bonds is 4. The highest BCUT2D eigenvalue weighted by atomic mass is 16.6. The molecule has 0 saturated carbocycles. The van der Waals surface area contributed by atoms with E-state index in [1.165, 1.54) is 0 Å². The number of nitrogens with zero attached hydrogens (tertiary/aromatic N) is 2. The van der Waals surface area contributed by atoms with E-state index in [2.05, 4.69) is 4.99 Å². The number of hydrogen-bond acceptors (Lipinski definition) is 4. The predicted octanol–water partition coefficient (Wildman–Crippen LogP) is 2.98. The molecule has 118 valence electrons. The molecule has 0 amide bonds. The second kappa shape index (κ2) is 6.24. The lowest BCUT2D eigenvalue weighted by atomic mass is 10.1. The molecule has 0 aromatic heterocycles. The number of benzene rings is 2. The summed E-state index contributed by atoms with van der Waals surface area (Å²) in [7, 11) is 4.00. The van der Waals surface area contributed by atoms with Gasteiger partial charge in [0.2, 0.25) is 5.90 Å². The minimum absolute atomic E-state index is 0.279. The van der Waals surface area contributed by atoms with Crippen molar-refractivity contribution in [1.29, 1.82) is 0 Å². The average Bonchev–Trinajstić information content (AvgIpc) is 2.89. The summed E-state index contributed by atoms with van der Waals surface area (Å²) in [5.74, 6) is 0.145. The molecule has 0 aliphatic carbocycles. The van der Waals surface area contributed by atoms with Crippen molar-refractivity contribution >= 4 is 17.6 Å². The Morgan fingerprint density at radius 3 is 2.52 bits per heavy atom. The fraction of sp³-hybridized carbons (Fsp3) is 0.263. The van der Waals surface area contributed by atoms with Crippen molar-refractivity contribution < 1.29 is 9.53 Å². The fourth-order valence-corrected chi connectivity index (χ4v) is 2.58. The number of ether oxygens (including phenoxy) is 1. The molecule has 2 aromatic rings. The Labute approximate surface area is 136 Å². The zero-order valence-electron chi connectivity index (χ0n) is 13.6. The van der Waals surface area contributed by atoms with E-state index in [0.717, 1.165) is 22.4 Å². The highest BCUT2D eigenvalue weighted by molar-refractivity contribution is 6.06. The quantitative estimate of drug-likeness (QED) is 0.816. The Balaban J connectivity index is 1.76. The van der Waals surface area contributed by atoms with Gasteiger partial charge >= 0.3 is 5.97 Å². The first-order valence-electron chi connectivity index (χ1n) is 7.66. The van der Waals surface area contributed by atoms with E-state index in [-0.39, 0.29) is 5.97 Å². The average molecular weight is 308 g/mol. The highest BCUT2D eigenvalue weighted by Gasteiger charge is 2.29. The van der Waals surface area contributed by atoms with Crippen molar-refractivity contribution in [2.75, 3.05) is 19.0 Å². The Morgan fingerprint density at radius 1 is 1.13 bits per heavy atom. The van der Waals surface area contributed by atoms with Crippen LogP contribution in [0.2, 0.25) is 0 Å². The van der Waals surface area contributed by atoms with Crippen molar-refractivity contribution in [2.45, 2.75) is 19.4 Å². The Bertz CT molecular complexity index is 748. The first kappa shape index (κ1) is 15.3. The van der Waals surface area contributed by atoms with Gasteiger partial charge in [0.1, 0.15) is 0 Å². The highest BCUT2D eigenvalue weighted by Crippen LogP contribution is 2.19. The van der Waals surface area contributed by atoms with Gasteiger partial charge in [0.15, 0.2) is 6.04 Å². The molecule has 2 aromatic carbocycles. The maximum atomic E-state index is 12.1. The Morgan fingerprint density at radius 2 is 1.87 bits per heavy atom. The van der Waals surface area contributed by atoms with Gasteiger partial charge in [-0.1, -0.05) is 29.8 Å². The van der Waals surface area contributed by atoms with Gasteiger partial charge in [0.25, 0.3) is 0 Å². The van der Waals surface area contributed by atoms with Crippen LogP contribution in [-0.2, 0) is 16.0 Å². The minimum atomic E-state index is -0.462. The number of aliphatic imine (C=N–C) groups is 1. The second-order valence-corrected chi connectivity index (χ2v) is 6.01. The van der Waals surface area contributed by atoms with E-state index in [9.17, 15) is 4.79 Å². The van der Waals surface area contributed by atoms with E-state index < -0.39 is 6.04 Å². The molecule has 4 nitrogen and oxygen atoms in total. The van der Waals surface area contributed by atoms with Gasteiger partial charge in [0, 0.05) is 31.8 Å². The summed E-state index contributed by atoms with van der Waals surface area (Å²) in [6, 6.07) is 15.5. The van der Waals surface area contributed by atoms with Crippen LogP contribution in [0, 0.1) is 6.92 Å². The Kier molecular flexibility index (Phi) is 4.15. The monoisotopic (exact) mass is 308 g/mol. The maximum Gasteiger partial charge on any atom is 0.338 e. The van der Waals surface area contributed by atoms with E-state index in [1.54, 1.807) is 0 Å². The van der Waals surface area contributed by atoms with E-state index in [1.807, 2.05) is 74.4 Å². The third kappa shape index (κ3) is 3.42. The van der Waals surface area contributed by atoms with Gasteiger partial charge < -0.3 is 9.64 Å². The number of cyclic esters (lactones) is 1. The van der Waals surface area contributed by atoms with Crippen molar-refractivity contribution in [3.63, 3.8) is 0 Å². The normalized spacial score (nSPS) is 16.9. The van der Waals surface area contributed by atoms with Crippen LogP contribution >= 0.6 is 0 Å². The lowest BCUT2D eigenvalue weighted by Gasteiger charge is -2.12. The number of hydrogen-bond donors (Lipinski definition) is 0. The van der Waals surface area contributed by atoms with Crippen molar-refractivity contribution in [3.8, 4) is 0 Å². The molecule has 1 unspecified atom stereocenters. The van der Waals surface area contributed by atoms with Gasteiger partial charge in [-0.2, -0.15) is 0 Å². The zero-order chi connectivity index (χ0) is 16.4. The SMILES string of the molecule is Cc1cccc(C2=NC(Cc3ccc(N(C)C)cc3)C(=O)O2)c1. The summed E-state index contributed by atoms with van der Waals surface area (Å²) in [5, 5.41) is 0. The fourth-order valence-electron chi connectivity index (χ4n) is 2.58. The summed E-state index contributed by atoms with van der Waals surface area (Å²) >= 11 is 0. The van der Waals surface area contributed by atoms with Gasteiger partial charge in [-0.15, -0.1) is 0 Å². The van der Waals surface area contributed by atoms with Crippen LogP contribution in [-0.4, -0.2) is 32.0 Å². The van der Waals surface area contributed by atoms with Crippen LogP contribution in [0.4, 0.5) is 5.69 Å². The minimum Gasteiger partial charge on any atom is -0.406 e. The molecule has 0 spiro atoms. The molecule has 0 fully saturated rings. The molecule has 1 atom stereocenters. The molecule has 0 saturated heterocycles. The van der Waals surface area contributed by atoms with Gasteiger partial charge in [-0.3, -0.25) is 0 Å². The predicted molar refractivity (Wildman–Crippen MR) is 92.1 cm³/mol. The molecule has 0 N–H and O–H groups in total. The lowest BCUT2D eigenvalue weighted by Crippen LogP contribution is -2.18. The third-order valence-corrected chi connectivity index (χ3v) is 3.89. The number of carbonyl (C=O) groups is 1. The molecule has 0 radical (unpaired) electrons. The molecule has 4 heteroatoms. The zero-order valence-corrected chi connectivity index (χ0v) is 13.6. The van der Waals surface area contributed by atoms with Crippen molar-refractivity contribution in [2.24, 2.45) is 4.99 Å². The van der Waals surface area contributed by atoms with Crippen molar-refractivity contribution in [3.05, 3.63) is 65.2 Å². The molecule has 1 heterocycles. The van der Waals surface area contributed by atoms with E-state index in [0.29, 0.717) is 12.3 Å². The number of anilines is 1. The third-order valence-electron chi connectivity index (χ3n) is 3.89. The topological polar surface area (TPSA) is 41.9 Å². The number of carbonyl (C=O) groups excluding carboxylic acids is 1. The molecule has 0 bridgehead atoms. The van der Waals surface area contributed by atoms with Gasteiger partial charge in [-0.25, -0.2) is 9.79 Å². The van der Waals surface area contributed by atoms with E-state index in [4.69, 9.17) is 4.74 Å². The van der Waals surface area contributed by atoms with Crippen LogP contribution in [0.25, 0.3) is 0 Å². The summed E-state index contributed by atoms with van der Waals surface area (Å²) in [4.78, 5) is 18.6. The molecule has 23 heavy (non-hydrogen) atoms. The van der Waals surface area contributed by atoms with Crippen molar-refractivity contribution in [1.82, 2.24) is 0 Å². The molecule has 1 aliphatic heterocycles. The van der Waals surface area contributed by atoms with Crippen LogP contribution in [0.3, 0.4) is 0 Å². The second-order valence-electron chi connectivity index (χ2n) is 6.01. The maximum absolute atomic E-state index is 12.1. The Hall–Kier alpha value is -2.62. The number of aryl methyl sites for hydroxylation is 1. The van der Waals surface area contributed by atoms with Crippen LogP contribution in [0.15, 0.2) is 53.5 Å². The summed E-state index contributed by atoms with van der Waals surface area (Å²) in [5.41, 5.74) is 4.17. The lowest BCUT2D eigenvalue weighted by molar-refractivity contribution is -0.134.